The van der Waals surface area contributed by atoms with Crippen LogP contribution in [-0.2, 0) is 5.54 Å². The van der Waals surface area contributed by atoms with Crippen LogP contribution in [0.25, 0.3) is 49.3 Å². The molecule has 0 amide bonds. The van der Waals surface area contributed by atoms with Crippen molar-refractivity contribution in [2.45, 2.75) is 19.4 Å². The van der Waals surface area contributed by atoms with Crippen LogP contribution < -0.4 is 0 Å². The van der Waals surface area contributed by atoms with Gasteiger partial charge in [-0.3, -0.25) is 0 Å². The van der Waals surface area contributed by atoms with Crippen LogP contribution in [0, 0.1) is 0 Å². The molecule has 6 aromatic rings. The molecule has 1 aliphatic heterocycles. The van der Waals surface area contributed by atoms with Gasteiger partial charge in [-0.05, 0) is 32.0 Å². The lowest BCUT2D eigenvalue weighted by atomic mass is 9.91. The van der Waals surface area contributed by atoms with E-state index in [0.717, 1.165) is 0 Å². The molecular formula is C27H20N2. The Balaban J connectivity index is 1.88. The summed E-state index contributed by atoms with van der Waals surface area (Å²) in [4.78, 5) is 0. The van der Waals surface area contributed by atoms with Crippen LogP contribution >= 0.6 is 0 Å². The van der Waals surface area contributed by atoms with Gasteiger partial charge in [0.15, 0.2) is 0 Å². The summed E-state index contributed by atoms with van der Waals surface area (Å²) < 4.78 is 5.05. The van der Waals surface area contributed by atoms with Crippen molar-refractivity contribution in [3.63, 3.8) is 0 Å². The van der Waals surface area contributed by atoms with Gasteiger partial charge in [0.2, 0.25) is 0 Å². The first-order chi connectivity index (χ1) is 14.2. The third kappa shape index (κ3) is 1.65. The zero-order valence-electron chi connectivity index (χ0n) is 16.5. The molecule has 0 radical (unpaired) electrons. The highest BCUT2D eigenvalue weighted by Gasteiger charge is 2.34. The molecule has 0 aliphatic carbocycles. The van der Waals surface area contributed by atoms with E-state index in [9.17, 15) is 0 Å². The van der Waals surface area contributed by atoms with Crippen molar-refractivity contribution < 1.29 is 0 Å². The molecule has 0 N–H and O–H groups in total. The number of nitrogens with zero attached hydrogens (tertiary/aromatic N) is 2. The van der Waals surface area contributed by atoms with E-state index in [0.29, 0.717) is 0 Å². The highest BCUT2D eigenvalue weighted by molar-refractivity contribution is 6.16. The normalized spacial score (nSPS) is 14.8. The monoisotopic (exact) mass is 372 g/mol. The first-order valence-corrected chi connectivity index (χ1v) is 10.2. The molecule has 0 bridgehead atoms. The predicted molar refractivity (Wildman–Crippen MR) is 122 cm³/mol. The van der Waals surface area contributed by atoms with Gasteiger partial charge in [-0.2, -0.15) is 0 Å². The van der Waals surface area contributed by atoms with Gasteiger partial charge in [-0.1, -0.05) is 66.7 Å². The van der Waals surface area contributed by atoms with Crippen LogP contribution in [0.15, 0.2) is 84.9 Å². The van der Waals surface area contributed by atoms with Crippen LogP contribution in [0.5, 0.6) is 0 Å². The molecule has 2 aromatic heterocycles. The minimum atomic E-state index is -0.181. The van der Waals surface area contributed by atoms with Gasteiger partial charge >= 0.3 is 0 Å². The Morgan fingerprint density at radius 2 is 1.14 bits per heavy atom. The molecule has 0 fully saturated rings. The lowest BCUT2D eigenvalue weighted by Crippen LogP contribution is -2.27. The average Bonchev–Trinajstić information content (AvgIpc) is 3.24. The lowest BCUT2D eigenvalue weighted by molar-refractivity contribution is 0.470. The lowest BCUT2D eigenvalue weighted by Gasteiger charge is -2.29. The maximum Gasteiger partial charge on any atom is 0.0744 e. The zero-order chi connectivity index (χ0) is 19.3. The molecule has 0 saturated heterocycles. The molecule has 0 spiro atoms. The smallest absolute Gasteiger partial charge is 0.0744 e. The Hall–Kier alpha value is -3.52. The SMILES string of the molecule is CC1(C)c2cccc3c4ccccc4n(c23)-c2cccc3c4ccccc4n1c23. The van der Waals surface area contributed by atoms with E-state index in [2.05, 4.69) is 108 Å². The fourth-order valence-corrected chi connectivity index (χ4v) is 5.64. The van der Waals surface area contributed by atoms with E-state index < -0.39 is 0 Å². The third-order valence-corrected chi connectivity index (χ3v) is 6.83. The molecule has 2 heteroatoms. The van der Waals surface area contributed by atoms with E-state index in [1.165, 1.54) is 54.9 Å². The maximum atomic E-state index is 2.56. The van der Waals surface area contributed by atoms with E-state index >= 15 is 0 Å². The summed E-state index contributed by atoms with van der Waals surface area (Å²) in [7, 11) is 0. The molecule has 2 nitrogen and oxygen atoms in total. The number of hydrogen-bond acceptors (Lipinski definition) is 0. The summed E-state index contributed by atoms with van der Waals surface area (Å²) in [6.07, 6.45) is 0. The van der Waals surface area contributed by atoms with Crippen molar-refractivity contribution in [1.29, 1.82) is 0 Å². The highest BCUT2D eigenvalue weighted by atomic mass is 15.1. The van der Waals surface area contributed by atoms with Gasteiger partial charge in [0.25, 0.3) is 0 Å². The molecule has 0 saturated carbocycles. The number of rotatable bonds is 0. The van der Waals surface area contributed by atoms with E-state index in [-0.39, 0.29) is 5.54 Å². The van der Waals surface area contributed by atoms with Crippen LogP contribution in [0.3, 0.4) is 0 Å². The minimum Gasteiger partial charge on any atom is -0.329 e. The molecular weight excluding hydrogens is 352 g/mol. The Bertz CT molecular complexity index is 1630. The second-order valence-electron chi connectivity index (χ2n) is 8.64. The van der Waals surface area contributed by atoms with Crippen molar-refractivity contribution in [2.24, 2.45) is 0 Å². The van der Waals surface area contributed by atoms with Gasteiger partial charge in [-0.25, -0.2) is 0 Å². The van der Waals surface area contributed by atoms with E-state index in [4.69, 9.17) is 0 Å². The molecule has 7 rings (SSSR count). The molecule has 4 aromatic carbocycles. The summed E-state index contributed by atoms with van der Waals surface area (Å²) in [6.45, 7) is 4.72. The van der Waals surface area contributed by atoms with E-state index in [1.54, 1.807) is 0 Å². The summed E-state index contributed by atoms with van der Waals surface area (Å²) in [5.41, 5.74) is 7.67. The predicted octanol–water partition coefficient (Wildman–Crippen LogP) is 6.99. The summed E-state index contributed by atoms with van der Waals surface area (Å²) in [5.74, 6) is 0. The summed E-state index contributed by atoms with van der Waals surface area (Å²) >= 11 is 0. The van der Waals surface area contributed by atoms with Crippen molar-refractivity contribution in [3.05, 3.63) is 90.5 Å². The average molecular weight is 372 g/mol. The quantitative estimate of drug-likeness (QED) is 0.272. The molecule has 0 unspecified atom stereocenters. The number of para-hydroxylation sites is 4. The second-order valence-corrected chi connectivity index (χ2v) is 8.64. The number of benzene rings is 4. The largest absolute Gasteiger partial charge is 0.329 e. The van der Waals surface area contributed by atoms with Gasteiger partial charge in [0.05, 0.1) is 27.8 Å². The van der Waals surface area contributed by atoms with Crippen molar-refractivity contribution in [3.8, 4) is 5.69 Å². The molecule has 1 aliphatic rings. The Kier molecular flexibility index (Phi) is 2.60. The first-order valence-electron chi connectivity index (χ1n) is 10.2. The summed E-state index contributed by atoms with van der Waals surface area (Å²) in [6, 6.07) is 31.2. The number of aromatic nitrogens is 2. The van der Waals surface area contributed by atoms with Gasteiger partial charge in [0, 0.05) is 32.6 Å². The molecule has 29 heavy (non-hydrogen) atoms. The Morgan fingerprint density at radius 3 is 1.93 bits per heavy atom. The Labute approximate surface area is 168 Å². The molecule has 0 atom stereocenters. The fourth-order valence-electron chi connectivity index (χ4n) is 5.64. The first kappa shape index (κ1) is 15.4. The van der Waals surface area contributed by atoms with Crippen molar-refractivity contribution in [1.82, 2.24) is 9.13 Å². The fraction of sp³-hybridized carbons (Fsp3) is 0.111. The van der Waals surface area contributed by atoms with Gasteiger partial charge in [0.1, 0.15) is 0 Å². The standard InChI is InChI=1S/C27H20N2/c1-27(2)21-13-7-11-19-17-9-3-5-14-22(17)28(25(19)21)24-16-8-12-20-18-10-4-6-15-23(18)29(27)26(20)24/h3-16H,1-2H3. The highest BCUT2D eigenvalue weighted by Crippen LogP contribution is 2.47. The van der Waals surface area contributed by atoms with Gasteiger partial charge < -0.3 is 9.13 Å². The molecule has 138 valence electrons. The third-order valence-electron chi connectivity index (χ3n) is 6.83. The van der Waals surface area contributed by atoms with Crippen molar-refractivity contribution >= 4 is 43.6 Å². The second kappa shape index (κ2) is 4.90. The van der Waals surface area contributed by atoms with Gasteiger partial charge in [-0.15, -0.1) is 0 Å². The topological polar surface area (TPSA) is 9.86 Å². The van der Waals surface area contributed by atoms with Crippen LogP contribution in [0.4, 0.5) is 0 Å². The summed E-state index contributed by atoms with van der Waals surface area (Å²) in [5, 5.41) is 5.30. The number of hydrogen-bond donors (Lipinski definition) is 0. The minimum absolute atomic E-state index is 0.181. The van der Waals surface area contributed by atoms with Crippen LogP contribution in [0.1, 0.15) is 19.4 Å². The molecule has 3 heterocycles. The van der Waals surface area contributed by atoms with E-state index in [1.807, 2.05) is 0 Å². The number of fused-ring (bicyclic) bond motifs is 7. The van der Waals surface area contributed by atoms with Crippen LogP contribution in [-0.4, -0.2) is 9.13 Å². The van der Waals surface area contributed by atoms with Crippen LogP contribution in [0.2, 0.25) is 0 Å². The maximum absolute atomic E-state index is 2.56. The Morgan fingerprint density at radius 1 is 0.552 bits per heavy atom. The zero-order valence-corrected chi connectivity index (χ0v) is 16.5. The van der Waals surface area contributed by atoms with Crippen molar-refractivity contribution in [2.75, 3.05) is 0 Å².